The first-order valence-corrected chi connectivity index (χ1v) is 7.36. The Balaban J connectivity index is 2.14. The Morgan fingerprint density at radius 1 is 1.50 bits per heavy atom. The van der Waals surface area contributed by atoms with Gasteiger partial charge in [-0.2, -0.15) is 0 Å². The largest absolute Gasteiger partial charge is 0.379 e. The summed E-state index contributed by atoms with van der Waals surface area (Å²) in [4.78, 5) is 1.04. The highest BCUT2D eigenvalue weighted by molar-refractivity contribution is 8.00. The molecule has 1 fully saturated rings. The molecule has 1 aliphatic heterocycles. The summed E-state index contributed by atoms with van der Waals surface area (Å²) in [6.45, 7) is 6.60. The van der Waals surface area contributed by atoms with Gasteiger partial charge in [-0.15, -0.1) is 11.8 Å². The third-order valence-corrected chi connectivity index (χ3v) is 4.26. The summed E-state index contributed by atoms with van der Waals surface area (Å²) in [5.74, 6) is -0.114. The maximum atomic E-state index is 14.0. The van der Waals surface area contributed by atoms with Crippen molar-refractivity contribution in [1.29, 1.82) is 0 Å². The monoisotopic (exact) mass is 269 g/mol. The Bertz CT molecular complexity index is 395. The second-order valence-corrected chi connectivity index (χ2v) is 5.95. The Morgan fingerprint density at radius 3 is 2.89 bits per heavy atom. The fourth-order valence-corrected chi connectivity index (χ4v) is 3.21. The number of nitrogens with one attached hydrogen (secondary N) is 1. The van der Waals surface area contributed by atoms with E-state index in [9.17, 15) is 4.39 Å². The van der Waals surface area contributed by atoms with Crippen molar-refractivity contribution in [3.05, 3.63) is 29.6 Å². The molecule has 100 valence electrons. The normalized spacial score (nSPS) is 17.5. The smallest absolute Gasteiger partial charge is 0.129 e. The molecule has 2 rings (SSSR count). The maximum Gasteiger partial charge on any atom is 0.129 e. The van der Waals surface area contributed by atoms with E-state index in [1.165, 1.54) is 0 Å². The van der Waals surface area contributed by atoms with Crippen LogP contribution < -0.4 is 5.32 Å². The fourth-order valence-electron chi connectivity index (χ4n) is 1.96. The molecule has 1 aliphatic rings. The van der Waals surface area contributed by atoms with Gasteiger partial charge in [-0.25, -0.2) is 4.39 Å². The molecule has 0 saturated carbocycles. The van der Waals surface area contributed by atoms with E-state index in [-0.39, 0.29) is 11.9 Å². The molecule has 0 radical (unpaired) electrons. The Hall–Kier alpha value is -0.580. The number of hydrogen-bond donors (Lipinski definition) is 1. The molecule has 2 nitrogen and oxygen atoms in total. The van der Waals surface area contributed by atoms with Crippen molar-refractivity contribution in [3.8, 4) is 0 Å². The van der Waals surface area contributed by atoms with Gasteiger partial charge in [0.25, 0.3) is 0 Å². The van der Waals surface area contributed by atoms with Crippen LogP contribution in [0.5, 0.6) is 0 Å². The molecule has 1 unspecified atom stereocenters. The quantitative estimate of drug-likeness (QED) is 0.855. The van der Waals surface area contributed by atoms with E-state index in [1.54, 1.807) is 23.9 Å². The van der Waals surface area contributed by atoms with Crippen molar-refractivity contribution in [2.75, 3.05) is 19.8 Å². The van der Waals surface area contributed by atoms with Crippen LogP contribution in [0.25, 0.3) is 0 Å². The topological polar surface area (TPSA) is 21.3 Å². The predicted molar refractivity (Wildman–Crippen MR) is 73.6 cm³/mol. The van der Waals surface area contributed by atoms with Gasteiger partial charge in [-0.05, 0) is 32.0 Å². The van der Waals surface area contributed by atoms with E-state index in [0.717, 1.165) is 36.6 Å². The van der Waals surface area contributed by atoms with Gasteiger partial charge < -0.3 is 10.1 Å². The molecule has 0 aliphatic carbocycles. The minimum atomic E-state index is -0.114. The Kier molecular flexibility index (Phi) is 5.03. The molecule has 1 atom stereocenters. The Morgan fingerprint density at radius 2 is 2.28 bits per heavy atom. The van der Waals surface area contributed by atoms with Gasteiger partial charge in [0.1, 0.15) is 5.82 Å². The average Bonchev–Trinajstić information content (AvgIpc) is 2.31. The summed E-state index contributed by atoms with van der Waals surface area (Å²) in [5.41, 5.74) is 0.794. The van der Waals surface area contributed by atoms with Crippen molar-refractivity contribution >= 4 is 11.8 Å². The first kappa shape index (κ1) is 13.8. The maximum absolute atomic E-state index is 14.0. The van der Waals surface area contributed by atoms with Crippen LogP contribution in [0.1, 0.15) is 31.9 Å². The molecule has 1 saturated heterocycles. The summed E-state index contributed by atoms with van der Waals surface area (Å²) in [6.07, 6.45) is 1.05. The zero-order valence-corrected chi connectivity index (χ0v) is 11.7. The van der Waals surface area contributed by atoms with Crippen LogP contribution in [0.3, 0.4) is 0 Å². The van der Waals surface area contributed by atoms with E-state index < -0.39 is 0 Å². The fraction of sp³-hybridized carbons (Fsp3) is 0.571. The summed E-state index contributed by atoms with van der Waals surface area (Å²) < 4.78 is 19.2. The molecular formula is C14H20FNOS. The standard InChI is InChI=1S/C14H20FNOS/c1-3-7-16-10(2)14-12(15)5-4-6-13(14)18-11-8-17-9-11/h4-6,10-11,16H,3,7-9H2,1-2H3. The SMILES string of the molecule is CCCNC(C)c1c(F)cccc1SC1COC1. The predicted octanol–water partition coefficient (Wildman–Crippen LogP) is 3.38. The summed E-state index contributed by atoms with van der Waals surface area (Å²) in [5, 5.41) is 3.83. The molecule has 1 aromatic carbocycles. The molecule has 1 aromatic rings. The molecule has 4 heteroatoms. The number of hydrogen-bond acceptors (Lipinski definition) is 3. The molecule has 0 bridgehead atoms. The first-order chi connectivity index (χ1) is 8.72. The molecule has 18 heavy (non-hydrogen) atoms. The van der Waals surface area contributed by atoms with Crippen LogP contribution in [-0.4, -0.2) is 25.0 Å². The minimum Gasteiger partial charge on any atom is -0.379 e. The van der Waals surface area contributed by atoms with Gasteiger partial charge in [0.2, 0.25) is 0 Å². The van der Waals surface area contributed by atoms with Gasteiger partial charge in [-0.3, -0.25) is 0 Å². The Labute approximate surface area is 112 Å². The lowest BCUT2D eigenvalue weighted by Crippen LogP contribution is -2.30. The van der Waals surface area contributed by atoms with Gasteiger partial charge in [0, 0.05) is 16.5 Å². The average molecular weight is 269 g/mol. The zero-order valence-electron chi connectivity index (χ0n) is 10.9. The van der Waals surface area contributed by atoms with E-state index in [1.807, 2.05) is 13.0 Å². The van der Waals surface area contributed by atoms with Gasteiger partial charge in [-0.1, -0.05) is 13.0 Å². The number of ether oxygens (including phenoxy) is 1. The van der Waals surface area contributed by atoms with E-state index in [2.05, 4.69) is 12.2 Å². The lowest BCUT2D eigenvalue weighted by molar-refractivity contribution is 0.0455. The second kappa shape index (κ2) is 6.55. The van der Waals surface area contributed by atoms with Gasteiger partial charge >= 0.3 is 0 Å². The van der Waals surface area contributed by atoms with Crippen molar-refractivity contribution in [3.63, 3.8) is 0 Å². The molecule has 1 N–H and O–H groups in total. The summed E-state index contributed by atoms with van der Waals surface area (Å²) in [6, 6.07) is 5.38. The molecule has 0 aromatic heterocycles. The number of halogens is 1. The first-order valence-electron chi connectivity index (χ1n) is 6.48. The minimum absolute atomic E-state index is 0.0506. The van der Waals surface area contributed by atoms with Gasteiger partial charge in [0.05, 0.1) is 18.5 Å². The van der Waals surface area contributed by atoms with Gasteiger partial charge in [0.15, 0.2) is 0 Å². The van der Waals surface area contributed by atoms with Crippen LogP contribution in [-0.2, 0) is 4.74 Å². The molecule has 0 amide bonds. The third kappa shape index (κ3) is 3.25. The number of benzene rings is 1. The van der Waals surface area contributed by atoms with Crippen LogP contribution in [0.15, 0.2) is 23.1 Å². The lowest BCUT2D eigenvalue weighted by Gasteiger charge is -2.27. The van der Waals surface area contributed by atoms with E-state index >= 15 is 0 Å². The highest BCUT2D eigenvalue weighted by Gasteiger charge is 2.23. The van der Waals surface area contributed by atoms with Crippen molar-refractivity contribution in [2.24, 2.45) is 0 Å². The highest BCUT2D eigenvalue weighted by Crippen LogP contribution is 2.34. The molecular weight excluding hydrogens is 249 g/mol. The van der Waals surface area contributed by atoms with Crippen LogP contribution in [0, 0.1) is 5.82 Å². The van der Waals surface area contributed by atoms with E-state index in [4.69, 9.17) is 4.74 Å². The number of rotatable bonds is 6. The van der Waals surface area contributed by atoms with E-state index in [0.29, 0.717) is 5.25 Å². The number of thioether (sulfide) groups is 1. The van der Waals surface area contributed by atoms with Crippen molar-refractivity contribution < 1.29 is 9.13 Å². The highest BCUT2D eigenvalue weighted by atomic mass is 32.2. The molecule has 1 heterocycles. The second-order valence-electron chi connectivity index (χ2n) is 4.60. The van der Waals surface area contributed by atoms with Crippen LogP contribution in [0.4, 0.5) is 4.39 Å². The third-order valence-electron chi connectivity index (χ3n) is 3.05. The zero-order chi connectivity index (χ0) is 13.0. The summed E-state index contributed by atoms with van der Waals surface area (Å²) in [7, 11) is 0. The summed E-state index contributed by atoms with van der Waals surface area (Å²) >= 11 is 1.73. The van der Waals surface area contributed by atoms with Crippen LogP contribution in [0.2, 0.25) is 0 Å². The molecule has 0 spiro atoms. The lowest BCUT2D eigenvalue weighted by atomic mass is 10.1. The van der Waals surface area contributed by atoms with Crippen molar-refractivity contribution in [2.45, 2.75) is 36.5 Å². The van der Waals surface area contributed by atoms with Crippen LogP contribution >= 0.6 is 11.8 Å². The van der Waals surface area contributed by atoms with Crippen molar-refractivity contribution in [1.82, 2.24) is 5.32 Å².